The van der Waals surface area contributed by atoms with Crippen molar-refractivity contribution in [2.24, 2.45) is 0 Å². The summed E-state index contributed by atoms with van der Waals surface area (Å²) in [5.74, 6) is 6.01. The van der Waals surface area contributed by atoms with Crippen molar-refractivity contribution < 1.29 is 0 Å². The van der Waals surface area contributed by atoms with Crippen molar-refractivity contribution in [3.05, 3.63) is 18.2 Å². The van der Waals surface area contributed by atoms with Crippen LogP contribution in [0.2, 0.25) is 0 Å². The van der Waals surface area contributed by atoms with Gasteiger partial charge >= 0.3 is 0 Å². The average Bonchev–Trinajstić information content (AvgIpc) is 2.87. The molecule has 1 aliphatic heterocycles. The van der Waals surface area contributed by atoms with Gasteiger partial charge < -0.3 is 9.88 Å². The van der Waals surface area contributed by atoms with Crippen molar-refractivity contribution in [3.8, 4) is 11.8 Å². The van der Waals surface area contributed by atoms with E-state index >= 15 is 0 Å². The van der Waals surface area contributed by atoms with Crippen molar-refractivity contribution in [1.29, 1.82) is 0 Å². The molecule has 0 saturated carbocycles. The van der Waals surface area contributed by atoms with Gasteiger partial charge in [0.05, 0.1) is 12.0 Å². The minimum atomic E-state index is 0.502. The Balaban J connectivity index is 2.02. The van der Waals surface area contributed by atoms with E-state index < -0.39 is 0 Å². The summed E-state index contributed by atoms with van der Waals surface area (Å²) in [6.45, 7) is 3.96. The van der Waals surface area contributed by atoms with Gasteiger partial charge in [-0.05, 0) is 26.3 Å². The van der Waals surface area contributed by atoms with Crippen LogP contribution in [0.3, 0.4) is 0 Å². The molecule has 1 saturated heterocycles. The average molecular weight is 203 g/mol. The molecular weight excluding hydrogens is 186 g/mol. The monoisotopic (exact) mass is 203 g/mol. The maximum atomic E-state index is 4.22. The molecule has 0 radical (unpaired) electrons. The third-order valence-electron chi connectivity index (χ3n) is 2.82. The van der Waals surface area contributed by atoms with E-state index in [-0.39, 0.29) is 0 Å². The lowest BCUT2D eigenvalue weighted by atomic mass is 10.2. The van der Waals surface area contributed by atoms with E-state index in [2.05, 4.69) is 26.7 Å². The minimum Gasteiger partial charge on any atom is -0.332 e. The molecule has 0 amide bonds. The number of hydrogen-bond acceptors (Lipinski definition) is 2. The normalized spacial score (nSPS) is 19.9. The Labute approximate surface area is 90.9 Å². The quantitative estimate of drug-likeness (QED) is 0.758. The number of aromatic nitrogens is 2. The number of aryl methyl sites for hydroxylation is 1. The van der Waals surface area contributed by atoms with Crippen LogP contribution in [0.5, 0.6) is 0 Å². The number of nitrogens with one attached hydrogen (secondary N) is 1. The van der Waals surface area contributed by atoms with Gasteiger partial charge in [-0.15, -0.1) is 11.8 Å². The molecule has 2 rings (SSSR count). The number of hydrogen-bond donors (Lipinski definition) is 1. The topological polar surface area (TPSA) is 29.9 Å². The summed E-state index contributed by atoms with van der Waals surface area (Å²) < 4.78 is 2.22. The minimum absolute atomic E-state index is 0.502. The Hall–Kier alpha value is -1.27. The molecular formula is C12H17N3. The molecule has 1 aromatic rings. The second kappa shape index (κ2) is 4.99. The highest BCUT2D eigenvalue weighted by Crippen LogP contribution is 2.22. The summed E-state index contributed by atoms with van der Waals surface area (Å²) >= 11 is 0. The molecule has 0 aromatic carbocycles. The molecule has 1 unspecified atom stereocenters. The smallest absolute Gasteiger partial charge is 0.0948 e. The zero-order chi connectivity index (χ0) is 10.5. The SMILES string of the molecule is CC#CCCn1cncc1C1CCCN1. The zero-order valence-electron chi connectivity index (χ0n) is 9.16. The lowest BCUT2D eigenvalue weighted by Crippen LogP contribution is -2.16. The van der Waals surface area contributed by atoms with E-state index in [4.69, 9.17) is 0 Å². The maximum Gasteiger partial charge on any atom is 0.0948 e. The van der Waals surface area contributed by atoms with Crippen LogP contribution in [-0.2, 0) is 6.54 Å². The molecule has 0 spiro atoms. The summed E-state index contributed by atoms with van der Waals surface area (Å²) in [6.07, 6.45) is 7.29. The largest absolute Gasteiger partial charge is 0.332 e. The Morgan fingerprint density at radius 2 is 2.60 bits per heavy atom. The van der Waals surface area contributed by atoms with Crippen LogP contribution in [0.15, 0.2) is 12.5 Å². The van der Waals surface area contributed by atoms with Crippen molar-refractivity contribution in [1.82, 2.24) is 14.9 Å². The fraction of sp³-hybridized carbons (Fsp3) is 0.583. The molecule has 1 aliphatic rings. The highest BCUT2D eigenvalue weighted by molar-refractivity contribution is 5.07. The van der Waals surface area contributed by atoms with Gasteiger partial charge in [-0.3, -0.25) is 0 Å². The Kier molecular flexibility index (Phi) is 3.41. The van der Waals surface area contributed by atoms with Gasteiger partial charge in [0.1, 0.15) is 0 Å². The van der Waals surface area contributed by atoms with Crippen LogP contribution in [-0.4, -0.2) is 16.1 Å². The molecule has 1 aromatic heterocycles. The molecule has 3 nitrogen and oxygen atoms in total. The molecule has 1 atom stereocenters. The van der Waals surface area contributed by atoms with Crippen LogP contribution < -0.4 is 5.32 Å². The van der Waals surface area contributed by atoms with Gasteiger partial charge in [0, 0.05) is 25.2 Å². The Bertz CT molecular complexity index is 364. The van der Waals surface area contributed by atoms with Gasteiger partial charge in [-0.2, -0.15) is 0 Å². The van der Waals surface area contributed by atoms with Crippen molar-refractivity contribution in [2.75, 3.05) is 6.54 Å². The van der Waals surface area contributed by atoms with Crippen molar-refractivity contribution >= 4 is 0 Å². The second-order valence-corrected chi connectivity index (χ2v) is 3.84. The fourth-order valence-electron chi connectivity index (χ4n) is 2.05. The Morgan fingerprint density at radius 3 is 3.33 bits per heavy atom. The summed E-state index contributed by atoms with van der Waals surface area (Å²) in [6, 6.07) is 0.502. The summed E-state index contributed by atoms with van der Waals surface area (Å²) in [5.41, 5.74) is 1.31. The van der Waals surface area contributed by atoms with Crippen LogP contribution in [0, 0.1) is 11.8 Å². The number of rotatable bonds is 3. The van der Waals surface area contributed by atoms with Crippen LogP contribution >= 0.6 is 0 Å². The highest BCUT2D eigenvalue weighted by atomic mass is 15.1. The van der Waals surface area contributed by atoms with E-state index in [0.29, 0.717) is 6.04 Å². The molecule has 0 aliphatic carbocycles. The number of imidazole rings is 1. The van der Waals surface area contributed by atoms with Crippen molar-refractivity contribution in [2.45, 2.75) is 38.8 Å². The van der Waals surface area contributed by atoms with Crippen molar-refractivity contribution in [3.63, 3.8) is 0 Å². The van der Waals surface area contributed by atoms with E-state index in [9.17, 15) is 0 Å². The first-order valence-corrected chi connectivity index (χ1v) is 5.55. The fourth-order valence-corrected chi connectivity index (χ4v) is 2.05. The maximum absolute atomic E-state index is 4.22. The first-order chi connectivity index (χ1) is 7.42. The third kappa shape index (κ3) is 2.40. The van der Waals surface area contributed by atoms with Crippen LogP contribution in [0.1, 0.15) is 37.9 Å². The van der Waals surface area contributed by atoms with Crippen LogP contribution in [0.25, 0.3) is 0 Å². The second-order valence-electron chi connectivity index (χ2n) is 3.84. The summed E-state index contributed by atoms with van der Waals surface area (Å²) in [7, 11) is 0. The van der Waals surface area contributed by atoms with E-state index in [1.54, 1.807) is 0 Å². The molecule has 1 N–H and O–H groups in total. The summed E-state index contributed by atoms with van der Waals surface area (Å²) in [4.78, 5) is 4.22. The standard InChI is InChI=1S/C12H17N3/c1-2-3-4-8-15-10-13-9-12(15)11-6-5-7-14-11/h9-11,14H,4-8H2,1H3. The van der Waals surface area contributed by atoms with Gasteiger partial charge in [0.25, 0.3) is 0 Å². The lowest BCUT2D eigenvalue weighted by molar-refractivity contribution is 0.568. The molecule has 0 bridgehead atoms. The summed E-state index contributed by atoms with van der Waals surface area (Å²) in [5, 5.41) is 3.49. The zero-order valence-corrected chi connectivity index (χ0v) is 9.16. The lowest BCUT2D eigenvalue weighted by Gasteiger charge is -2.12. The number of nitrogens with zero attached hydrogens (tertiary/aromatic N) is 2. The van der Waals surface area contributed by atoms with Gasteiger partial charge in [-0.1, -0.05) is 0 Å². The molecule has 2 heterocycles. The third-order valence-corrected chi connectivity index (χ3v) is 2.82. The molecule has 15 heavy (non-hydrogen) atoms. The van der Waals surface area contributed by atoms with Gasteiger partial charge in [0.15, 0.2) is 0 Å². The predicted molar refractivity (Wildman–Crippen MR) is 60.3 cm³/mol. The Morgan fingerprint density at radius 1 is 1.67 bits per heavy atom. The highest BCUT2D eigenvalue weighted by Gasteiger charge is 2.19. The molecule has 1 fully saturated rings. The van der Waals surface area contributed by atoms with E-state index in [1.165, 1.54) is 18.5 Å². The van der Waals surface area contributed by atoms with Crippen LogP contribution in [0.4, 0.5) is 0 Å². The predicted octanol–water partition coefficient (Wildman–Crippen LogP) is 1.72. The van der Waals surface area contributed by atoms with Gasteiger partial charge in [-0.25, -0.2) is 4.98 Å². The first-order valence-electron chi connectivity index (χ1n) is 5.55. The molecule has 80 valence electrons. The van der Waals surface area contributed by atoms with E-state index in [0.717, 1.165) is 19.5 Å². The van der Waals surface area contributed by atoms with E-state index in [1.807, 2.05) is 19.4 Å². The van der Waals surface area contributed by atoms with Gasteiger partial charge in [0.2, 0.25) is 0 Å². The first kappa shape index (κ1) is 10.3. The molecule has 3 heteroatoms.